The highest BCUT2D eigenvalue weighted by Gasteiger charge is 2.15. The Morgan fingerprint density at radius 1 is 1.31 bits per heavy atom. The minimum Gasteiger partial charge on any atom is -0.320 e. The number of nitrogens with zero attached hydrogens (tertiary/aromatic N) is 1. The molecule has 0 aromatic rings. The third-order valence-corrected chi connectivity index (χ3v) is 2.69. The molecule has 2 heteroatoms. The lowest BCUT2D eigenvalue weighted by Gasteiger charge is -2.30. The molecule has 0 amide bonds. The summed E-state index contributed by atoms with van der Waals surface area (Å²) in [7, 11) is 4.25. The molecular weight excluding hydrogens is 160 g/mol. The normalized spacial score (nSPS) is 14.1. The van der Waals surface area contributed by atoms with Gasteiger partial charge >= 0.3 is 0 Å². The molecule has 0 rings (SSSR count). The molecule has 0 aromatic heterocycles. The van der Waals surface area contributed by atoms with E-state index >= 15 is 0 Å². The molecule has 0 bridgehead atoms. The molecule has 1 atom stereocenters. The van der Waals surface area contributed by atoms with Crippen molar-refractivity contribution in [1.82, 2.24) is 10.2 Å². The number of hydrogen-bond acceptors (Lipinski definition) is 2. The van der Waals surface area contributed by atoms with Gasteiger partial charge in [0, 0.05) is 6.04 Å². The van der Waals surface area contributed by atoms with Crippen LogP contribution in [0.15, 0.2) is 0 Å². The maximum atomic E-state index is 3.18. The van der Waals surface area contributed by atoms with Crippen molar-refractivity contribution < 1.29 is 0 Å². The Kier molecular flexibility index (Phi) is 7.29. The molecule has 1 N–H and O–H groups in total. The van der Waals surface area contributed by atoms with Gasteiger partial charge in [-0.1, -0.05) is 20.8 Å². The lowest BCUT2D eigenvalue weighted by Crippen LogP contribution is -2.36. The first-order chi connectivity index (χ1) is 6.13. The molecule has 0 fully saturated rings. The predicted molar refractivity (Wildman–Crippen MR) is 60.1 cm³/mol. The van der Waals surface area contributed by atoms with E-state index in [0.717, 1.165) is 18.5 Å². The van der Waals surface area contributed by atoms with Crippen molar-refractivity contribution in [3.8, 4) is 0 Å². The summed E-state index contributed by atoms with van der Waals surface area (Å²) in [5.41, 5.74) is 0. The fraction of sp³-hybridized carbons (Fsp3) is 1.00. The largest absolute Gasteiger partial charge is 0.320 e. The van der Waals surface area contributed by atoms with E-state index in [1.54, 1.807) is 0 Å². The van der Waals surface area contributed by atoms with Gasteiger partial charge < -0.3 is 10.2 Å². The third-order valence-electron chi connectivity index (χ3n) is 2.69. The van der Waals surface area contributed by atoms with Crippen LogP contribution in [0.4, 0.5) is 0 Å². The summed E-state index contributed by atoms with van der Waals surface area (Å²) in [6.45, 7) is 9.22. The van der Waals surface area contributed by atoms with Crippen molar-refractivity contribution in [2.45, 2.75) is 39.7 Å². The third kappa shape index (κ3) is 5.27. The molecule has 0 aromatic carbocycles. The van der Waals surface area contributed by atoms with Gasteiger partial charge in [0.2, 0.25) is 0 Å². The van der Waals surface area contributed by atoms with Gasteiger partial charge in [-0.05, 0) is 45.9 Å². The van der Waals surface area contributed by atoms with Crippen LogP contribution in [0.5, 0.6) is 0 Å². The van der Waals surface area contributed by atoms with Crippen LogP contribution in [0.2, 0.25) is 0 Å². The molecule has 13 heavy (non-hydrogen) atoms. The molecule has 0 aliphatic heterocycles. The van der Waals surface area contributed by atoms with Crippen LogP contribution in [0.25, 0.3) is 0 Å². The van der Waals surface area contributed by atoms with E-state index in [4.69, 9.17) is 0 Å². The van der Waals surface area contributed by atoms with Gasteiger partial charge in [-0.15, -0.1) is 0 Å². The zero-order valence-corrected chi connectivity index (χ0v) is 9.93. The minimum atomic E-state index is 0.747. The molecule has 80 valence electrons. The predicted octanol–water partition coefficient (Wildman–Crippen LogP) is 1.96. The van der Waals surface area contributed by atoms with E-state index < -0.39 is 0 Å². The fourth-order valence-corrected chi connectivity index (χ4v) is 1.96. The Balaban J connectivity index is 3.70. The standard InChI is InChI=1S/C11H26N2/c1-6-11(10(2)3)13(5)9-7-8-12-4/h10-12H,6-9H2,1-5H3. The lowest BCUT2D eigenvalue weighted by atomic mass is 10.0. The van der Waals surface area contributed by atoms with Crippen LogP contribution >= 0.6 is 0 Å². The highest BCUT2D eigenvalue weighted by atomic mass is 15.1. The lowest BCUT2D eigenvalue weighted by molar-refractivity contribution is 0.184. The summed E-state index contributed by atoms with van der Waals surface area (Å²) in [5, 5.41) is 3.18. The van der Waals surface area contributed by atoms with Crippen molar-refractivity contribution in [2.24, 2.45) is 5.92 Å². The number of nitrogens with one attached hydrogen (secondary N) is 1. The highest BCUT2D eigenvalue weighted by Crippen LogP contribution is 2.12. The summed E-state index contributed by atoms with van der Waals surface area (Å²) < 4.78 is 0. The Hall–Kier alpha value is -0.0800. The van der Waals surface area contributed by atoms with Crippen LogP contribution in [0.3, 0.4) is 0 Å². The summed E-state index contributed by atoms with van der Waals surface area (Å²) in [5.74, 6) is 0.768. The minimum absolute atomic E-state index is 0.747. The quantitative estimate of drug-likeness (QED) is 0.612. The molecule has 0 aliphatic carbocycles. The molecule has 2 nitrogen and oxygen atoms in total. The smallest absolute Gasteiger partial charge is 0.0113 e. The molecule has 0 heterocycles. The summed E-state index contributed by atoms with van der Waals surface area (Å²) in [4.78, 5) is 2.49. The number of hydrogen-bond donors (Lipinski definition) is 1. The molecule has 0 saturated carbocycles. The molecular formula is C11H26N2. The Morgan fingerprint density at radius 2 is 1.92 bits per heavy atom. The van der Waals surface area contributed by atoms with Gasteiger partial charge in [0.1, 0.15) is 0 Å². The Labute approximate surface area is 83.7 Å². The van der Waals surface area contributed by atoms with E-state index in [9.17, 15) is 0 Å². The zero-order valence-electron chi connectivity index (χ0n) is 9.93. The second-order valence-corrected chi connectivity index (χ2v) is 4.16. The molecule has 0 spiro atoms. The van der Waals surface area contributed by atoms with Crippen molar-refractivity contribution in [3.05, 3.63) is 0 Å². The van der Waals surface area contributed by atoms with Gasteiger partial charge in [0.15, 0.2) is 0 Å². The van der Waals surface area contributed by atoms with E-state index in [0.29, 0.717) is 0 Å². The first-order valence-electron chi connectivity index (χ1n) is 5.48. The van der Waals surface area contributed by atoms with Gasteiger partial charge in [0.25, 0.3) is 0 Å². The van der Waals surface area contributed by atoms with Crippen molar-refractivity contribution in [1.29, 1.82) is 0 Å². The van der Waals surface area contributed by atoms with Crippen LogP contribution in [0.1, 0.15) is 33.6 Å². The van der Waals surface area contributed by atoms with Crippen LogP contribution in [0, 0.1) is 5.92 Å². The Morgan fingerprint density at radius 3 is 2.31 bits per heavy atom. The van der Waals surface area contributed by atoms with Crippen molar-refractivity contribution in [2.75, 3.05) is 27.2 Å². The van der Waals surface area contributed by atoms with Gasteiger partial charge in [-0.25, -0.2) is 0 Å². The second-order valence-electron chi connectivity index (χ2n) is 4.16. The highest BCUT2D eigenvalue weighted by molar-refractivity contribution is 4.70. The zero-order chi connectivity index (χ0) is 10.3. The van der Waals surface area contributed by atoms with Crippen molar-refractivity contribution >= 4 is 0 Å². The van der Waals surface area contributed by atoms with Crippen molar-refractivity contribution in [3.63, 3.8) is 0 Å². The molecule has 0 saturated heterocycles. The molecule has 0 aliphatic rings. The van der Waals surface area contributed by atoms with Gasteiger partial charge in [-0.2, -0.15) is 0 Å². The topological polar surface area (TPSA) is 15.3 Å². The maximum absolute atomic E-state index is 3.18. The van der Waals surface area contributed by atoms with Crippen LogP contribution in [-0.4, -0.2) is 38.1 Å². The summed E-state index contributed by atoms with van der Waals surface area (Å²) >= 11 is 0. The van der Waals surface area contributed by atoms with E-state index in [-0.39, 0.29) is 0 Å². The van der Waals surface area contributed by atoms with E-state index in [1.165, 1.54) is 19.4 Å². The average molecular weight is 186 g/mol. The van der Waals surface area contributed by atoms with Gasteiger partial charge in [-0.3, -0.25) is 0 Å². The first-order valence-corrected chi connectivity index (χ1v) is 5.48. The van der Waals surface area contributed by atoms with Gasteiger partial charge in [0.05, 0.1) is 0 Å². The Bertz CT molecular complexity index is 113. The maximum Gasteiger partial charge on any atom is 0.0113 e. The van der Waals surface area contributed by atoms with E-state index in [1.807, 2.05) is 7.05 Å². The average Bonchev–Trinajstić information content (AvgIpc) is 2.05. The SMILES string of the molecule is CCC(C(C)C)N(C)CCCNC. The molecule has 1 unspecified atom stereocenters. The molecule has 0 radical (unpaired) electrons. The second kappa shape index (κ2) is 7.34. The number of rotatable bonds is 7. The summed E-state index contributed by atoms with van der Waals surface area (Å²) in [6, 6.07) is 0.747. The first kappa shape index (κ1) is 12.9. The fourth-order valence-electron chi connectivity index (χ4n) is 1.96. The summed E-state index contributed by atoms with van der Waals surface area (Å²) in [6.07, 6.45) is 2.50. The van der Waals surface area contributed by atoms with Crippen LogP contribution < -0.4 is 5.32 Å². The monoisotopic (exact) mass is 186 g/mol. The van der Waals surface area contributed by atoms with Crippen LogP contribution in [-0.2, 0) is 0 Å². The van der Waals surface area contributed by atoms with E-state index in [2.05, 4.69) is 38.0 Å².